The van der Waals surface area contributed by atoms with Crippen molar-refractivity contribution in [3.63, 3.8) is 0 Å². The molecule has 0 radical (unpaired) electrons. The highest BCUT2D eigenvalue weighted by Crippen LogP contribution is 2.33. The second kappa shape index (κ2) is 9.76. The second-order valence-corrected chi connectivity index (χ2v) is 9.38. The van der Waals surface area contributed by atoms with Crippen LogP contribution in [0.5, 0.6) is 11.5 Å². The quantitative estimate of drug-likeness (QED) is 0.623. The Morgan fingerprint density at radius 3 is 2.23 bits per heavy atom. The lowest BCUT2D eigenvalue weighted by Crippen LogP contribution is -2.48. The third-order valence-corrected chi connectivity index (χ3v) is 6.28. The fourth-order valence-electron chi connectivity index (χ4n) is 2.98. The summed E-state index contributed by atoms with van der Waals surface area (Å²) in [5, 5.41) is 3.29. The molecule has 0 spiro atoms. The van der Waals surface area contributed by atoms with Crippen molar-refractivity contribution in [2.24, 2.45) is 0 Å². The lowest BCUT2D eigenvalue weighted by molar-refractivity contribution is -0.122. The number of halogens is 2. The first-order chi connectivity index (χ1) is 14.0. The summed E-state index contributed by atoms with van der Waals surface area (Å²) in [7, 11) is -0.776. The number of nitrogens with one attached hydrogen (secondary N) is 1. The minimum absolute atomic E-state index is 0.132. The van der Waals surface area contributed by atoms with Crippen molar-refractivity contribution in [2.45, 2.75) is 25.9 Å². The van der Waals surface area contributed by atoms with Crippen LogP contribution in [-0.4, -0.2) is 40.8 Å². The first-order valence-corrected chi connectivity index (χ1v) is 11.6. The molecule has 0 aromatic heterocycles. The van der Waals surface area contributed by atoms with Crippen molar-refractivity contribution in [1.82, 2.24) is 5.32 Å². The van der Waals surface area contributed by atoms with Crippen LogP contribution in [0.25, 0.3) is 0 Å². The Bertz CT molecular complexity index is 1030. The van der Waals surface area contributed by atoms with Gasteiger partial charge in [0.1, 0.15) is 6.04 Å². The normalized spacial score (nSPS) is 13.3. The number of nitrogens with zero attached hydrogens (tertiary/aromatic N) is 1. The van der Waals surface area contributed by atoms with Crippen LogP contribution < -0.4 is 19.1 Å². The SMILES string of the molecule is COc1ccc([C@H](C)NC(=O)[C@@H](C)N(c2cc(Cl)ccc2Cl)S(C)(=O)=O)cc1OC. The number of sulfonamides is 1. The van der Waals surface area contributed by atoms with E-state index in [1.807, 2.05) is 0 Å². The maximum atomic E-state index is 12.9. The second-order valence-electron chi connectivity index (χ2n) is 6.68. The van der Waals surface area contributed by atoms with Gasteiger partial charge >= 0.3 is 0 Å². The third-order valence-electron chi connectivity index (χ3n) is 4.50. The van der Waals surface area contributed by atoms with Gasteiger partial charge in [-0.15, -0.1) is 0 Å². The highest BCUT2D eigenvalue weighted by molar-refractivity contribution is 7.92. The van der Waals surface area contributed by atoms with Gasteiger partial charge in [-0.25, -0.2) is 8.42 Å². The monoisotopic (exact) mass is 474 g/mol. The molecule has 0 aliphatic rings. The predicted octanol–water partition coefficient (Wildman–Crippen LogP) is 4.04. The minimum Gasteiger partial charge on any atom is -0.493 e. The van der Waals surface area contributed by atoms with Crippen molar-refractivity contribution < 1.29 is 22.7 Å². The van der Waals surface area contributed by atoms with Crippen LogP contribution in [0.1, 0.15) is 25.5 Å². The average molecular weight is 475 g/mol. The fraction of sp³-hybridized carbons (Fsp3) is 0.350. The maximum absolute atomic E-state index is 12.9. The Hall–Kier alpha value is -2.16. The number of anilines is 1. The van der Waals surface area contributed by atoms with E-state index in [0.29, 0.717) is 16.5 Å². The number of ether oxygens (including phenoxy) is 2. The topological polar surface area (TPSA) is 84.9 Å². The molecule has 2 rings (SSSR count). The van der Waals surface area contributed by atoms with Crippen LogP contribution in [0.15, 0.2) is 36.4 Å². The molecular formula is C20H24Cl2N2O5S. The first-order valence-electron chi connectivity index (χ1n) is 8.96. The molecule has 2 atom stereocenters. The Labute approximate surface area is 186 Å². The molecule has 0 saturated heterocycles. The van der Waals surface area contributed by atoms with Gasteiger partial charge in [0.2, 0.25) is 15.9 Å². The van der Waals surface area contributed by atoms with E-state index >= 15 is 0 Å². The summed E-state index contributed by atoms with van der Waals surface area (Å²) in [6.45, 7) is 3.26. The van der Waals surface area contributed by atoms with Gasteiger partial charge in [0.25, 0.3) is 0 Å². The van der Waals surface area contributed by atoms with Gasteiger partial charge in [-0.3, -0.25) is 9.10 Å². The standard InChI is InChI=1S/C20H24Cl2N2O5S/c1-12(14-6-9-18(28-3)19(10-14)29-4)23-20(25)13(2)24(30(5,26)27)17-11-15(21)7-8-16(17)22/h6-13H,1-5H3,(H,23,25)/t12-,13+/m0/s1. The van der Waals surface area contributed by atoms with E-state index in [2.05, 4.69) is 5.32 Å². The molecule has 1 N–H and O–H groups in total. The lowest BCUT2D eigenvalue weighted by atomic mass is 10.1. The number of rotatable bonds is 8. The van der Waals surface area contributed by atoms with Gasteiger partial charge in [-0.2, -0.15) is 0 Å². The zero-order valence-electron chi connectivity index (χ0n) is 17.3. The molecule has 0 aliphatic carbocycles. The number of hydrogen-bond acceptors (Lipinski definition) is 5. The number of carbonyl (C=O) groups excluding carboxylic acids is 1. The largest absolute Gasteiger partial charge is 0.493 e. The Balaban J connectivity index is 2.30. The van der Waals surface area contributed by atoms with Gasteiger partial charge in [-0.05, 0) is 49.7 Å². The van der Waals surface area contributed by atoms with E-state index in [-0.39, 0.29) is 10.7 Å². The van der Waals surface area contributed by atoms with Crippen molar-refractivity contribution in [3.8, 4) is 11.5 Å². The van der Waals surface area contributed by atoms with Gasteiger partial charge < -0.3 is 14.8 Å². The third kappa shape index (κ3) is 5.50. The van der Waals surface area contributed by atoms with Gasteiger partial charge in [0.15, 0.2) is 11.5 Å². The summed E-state index contributed by atoms with van der Waals surface area (Å²) >= 11 is 12.2. The Kier molecular flexibility index (Phi) is 7.85. The van der Waals surface area contributed by atoms with Crippen LogP contribution in [-0.2, 0) is 14.8 Å². The van der Waals surface area contributed by atoms with E-state index < -0.39 is 28.0 Å². The minimum atomic E-state index is -3.83. The number of methoxy groups -OCH3 is 2. The fourth-order valence-corrected chi connectivity index (χ4v) is 4.58. The summed E-state index contributed by atoms with van der Waals surface area (Å²) in [5.41, 5.74) is 0.896. The number of hydrogen-bond donors (Lipinski definition) is 1. The smallest absolute Gasteiger partial charge is 0.244 e. The summed E-state index contributed by atoms with van der Waals surface area (Å²) < 4.78 is 36.4. The summed E-state index contributed by atoms with van der Waals surface area (Å²) in [6, 6.07) is 8.21. The van der Waals surface area contributed by atoms with E-state index in [0.717, 1.165) is 16.1 Å². The van der Waals surface area contributed by atoms with Crippen LogP contribution >= 0.6 is 23.2 Å². The summed E-state index contributed by atoms with van der Waals surface area (Å²) in [5.74, 6) is 0.582. The van der Waals surface area contributed by atoms with Crippen LogP contribution in [0, 0.1) is 0 Å². The van der Waals surface area contributed by atoms with E-state index in [1.165, 1.54) is 39.3 Å². The zero-order valence-corrected chi connectivity index (χ0v) is 19.6. The average Bonchev–Trinajstić information content (AvgIpc) is 2.68. The molecule has 0 fully saturated rings. The molecule has 0 unspecified atom stereocenters. The van der Waals surface area contributed by atoms with Crippen molar-refractivity contribution in [2.75, 3.05) is 24.8 Å². The van der Waals surface area contributed by atoms with E-state index in [9.17, 15) is 13.2 Å². The first kappa shape index (κ1) is 24.1. The van der Waals surface area contributed by atoms with Gasteiger partial charge in [0.05, 0.1) is 37.2 Å². The summed E-state index contributed by atoms with van der Waals surface area (Å²) in [6.07, 6.45) is 1.01. The van der Waals surface area contributed by atoms with Crippen LogP contribution in [0.2, 0.25) is 10.0 Å². The van der Waals surface area contributed by atoms with E-state index in [1.54, 1.807) is 25.1 Å². The van der Waals surface area contributed by atoms with Crippen LogP contribution in [0.3, 0.4) is 0 Å². The molecule has 2 aromatic carbocycles. The molecule has 7 nitrogen and oxygen atoms in total. The van der Waals surface area contributed by atoms with E-state index in [4.69, 9.17) is 32.7 Å². The molecule has 0 aliphatic heterocycles. The van der Waals surface area contributed by atoms with Crippen molar-refractivity contribution in [1.29, 1.82) is 0 Å². The molecular weight excluding hydrogens is 451 g/mol. The molecule has 1 amide bonds. The Morgan fingerprint density at radius 1 is 1.03 bits per heavy atom. The number of amides is 1. The van der Waals surface area contributed by atoms with Crippen molar-refractivity contribution >= 4 is 44.8 Å². The number of benzene rings is 2. The zero-order chi connectivity index (χ0) is 22.6. The summed E-state index contributed by atoms with van der Waals surface area (Å²) in [4.78, 5) is 12.9. The lowest BCUT2D eigenvalue weighted by Gasteiger charge is -2.30. The predicted molar refractivity (Wildman–Crippen MR) is 119 cm³/mol. The highest BCUT2D eigenvalue weighted by atomic mass is 35.5. The molecule has 2 aromatic rings. The molecule has 30 heavy (non-hydrogen) atoms. The highest BCUT2D eigenvalue weighted by Gasteiger charge is 2.31. The van der Waals surface area contributed by atoms with Gasteiger partial charge in [0, 0.05) is 5.02 Å². The van der Waals surface area contributed by atoms with Gasteiger partial charge in [-0.1, -0.05) is 29.3 Å². The molecule has 0 saturated carbocycles. The van der Waals surface area contributed by atoms with Crippen molar-refractivity contribution in [3.05, 3.63) is 52.0 Å². The Morgan fingerprint density at radius 2 is 1.67 bits per heavy atom. The molecule has 0 heterocycles. The maximum Gasteiger partial charge on any atom is 0.244 e. The molecule has 0 bridgehead atoms. The molecule has 164 valence electrons. The number of carbonyl (C=O) groups is 1. The van der Waals surface area contributed by atoms with Crippen LogP contribution in [0.4, 0.5) is 5.69 Å². The molecule has 10 heteroatoms.